The molecular formula is C14H21BrN2O. The predicted octanol–water partition coefficient (Wildman–Crippen LogP) is 2.47. The van der Waals surface area contributed by atoms with Crippen LogP contribution in [0.5, 0.6) is 0 Å². The fraction of sp³-hybridized carbons (Fsp3) is 0.571. The fourth-order valence-electron chi connectivity index (χ4n) is 2.58. The van der Waals surface area contributed by atoms with Gasteiger partial charge in [-0.05, 0) is 45.1 Å². The van der Waals surface area contributed by atoms with Gasteiger partial charge in [0, 0.05) is 34.9 Å². The molecule has 1 aliphatic rings. The lowest BCUT2D eigenvalue weighted by Gasteiger charge is -2.38. The van der Waals surface area contributed by atoms with Crippen LogP contribution in [0.25, 0.3) is 0 Å². The Morgan fingerprint density at radius 3 is 2.89 bits per heavy atom. The highest BCUT2D eigenvalue weighted by atomic mass is 79.9. The van der Waals surface area contributed by atoms with Crippen molar-refractivity contribution in [3.63, 3.8) is 0 Å². The molecule has 3 nitrogen and oxygen atoms in total. The lowest BCUT2D eigenvalue weighted by Crippen LogP contribution is -2.45. The minimum Gasteiger partial charge on any atom is -0.392 e. The topological polar surface area (TPSA) is 26.7 Å². The van der Waals surface area contributed by atoms with Gasteiger partial charge >= 0.3 is 0 Å². The van der Waals surface area contributed by atoms with Crippen LogP contribution in [0.2, 0.25) is 0 Å². The Morgan fingerprint density at radius 2 is 2.22 bits per heavy atom. The van der Waals surface area contributed by atoms with E-state index in [4.69, 9.17) is 0 Å². The van der Waals surface area contributed by atoms with Crippen LogP contribution in [0.3, 0.4) is 0 Å². The number of aliphatic hydroxyl groups is 1. The molecule has 0 saturated carbocycles. The molecule has 0 radical (unpaired) electrons. The number of benzene rings is 1. The summed E-state index contributed by atoms with van der Waals surface area (Å²) in [7, 11) is 4.28. The van der Waals surface area contributed by atoms with E-state index in [1.54, 1.807) is 0 Å². The van der Waals surface area contributed by atoms with Crippen LogP contribution in [0.15, 0.2) is 22.7 Å². The summed E-state index contributed by atoms with van der Waals surface area (Å²) in [5, 5.41) is 9.49. The zero-order chi connectivity index (χ0) is 13.1. The van der Waals surface area contributed by atoms with Crippen molar-refractivity contribution in [1.82, 2.24) is 4.90 Å². The van der Waals surface area contributed by atoms with E-state index in [-0.39, 0.29) is 6.61 Å². The lowest BCUT2D eigenvalue weighted by molar-refractivity contribution is 0.256. The number of hydrogen-bond acceptors (Lipinski definition) is 3. The van der Waals surface area contributed by atoms with Gasteiger partial charge in [0.2, 0.25) is 0 Å². The van der Waals surface area contributed by atoms with E-state index in [0.717, 1.165) is 23.1 Å². The second-order valence-corrected chi connectivity index (χ2v) is 6.05. The molecule has 1 saturated heterocycles. The van der Waals surface area contributed by atoms with Crippen LogP contribution in [-0.4, -0.2) is 43.2 Å². The molecule has 0 bridgehead atoms. The van der Waals surface area contributed by atoms with Gasteiger partial charge in [-0.25, -0.2) is 0 Å². The minimum absolute atomic E-state index is 0.0951. The summed E-state index contributed by atoms with van der Waals surface area (Å²) in [6.45, 7) is 2.22. The minimum atomic E-state index is 0.0951. The van der Waals surface area contributed by atoms with Crippen LogP contribution >= 0.6 is 15.9 Å². The molecule has 0 spiro atoms. The molecule has 1 fully saturated rings. The molecule has 1 atom stereocenters. The first kappa shape index (κ1) is 13.8. The van der Waals surface area contributed by atoms with Crippen molar-refractivity contribution in [3.8, 4) is 0 Å². The van der Waals surface area contributed by atoms with E-state index in [9.17, 15) is 5.11 Å². The zero-order valence-corrected chi connectivity index (χ0v) is 12.7. The molecule has 4 heteroatoms. The molecule has 1 unspecified atom stereocenters. The average molecular weight is 313 g/mol. The van der Waals surface area contributed by atoms with Gasteiger partial charge in [-0.1, -0.05) is 15.9 Å². The third-order valence-electron chi connectivity index (χ3n) is 3.68. The van der Waals surface area contributed by atoms with Crippen LogP contribution in [0, 0.1) is 0 Å². The van der Waals surface area contributed by atoms with Crippen molar-refractivity contribution in [2.75, 3.05) is 32.1 Å². The van der Waals surface area contributed by atoms with E-state index in [0.29, 0.717) is 6.04 Å². The maximum absolute atomic E-state index is 9.49. The summed E-state index contributed by atoms with van der Waals surface area (Å²) < 4.78 is 1.02. The Bertz CT molecular complexity index is 409. The molecule has 1 aliphatic heterocycles. The largest absolute Gasteiger partial charge is 0.392 e. The molecule has 2 rings (SSSR count). The van der Waals surface area contributed by atoms with Crippen molar-refractivity contribution in [3.05, 3.63) is 28.2 Å². The summed E-state index contributed by atoms with van der Waals surface area (Å²) in [4.78, 5) is 4.69. The summed E-state index contributed by atoms with van der Waals surface area (Å²) in [6, 6.07) is 6.77. The van der Waals surface area contributed by atoms with Crippen molar-refractivity contribution in [2.24, 2.45) is 0 Å². The maximum atomic E-state index is 9.49. The second kappa shape index (κ2) is 6.04. The van der Waals surface area contributed by atoms with Gasteiger partial charge in [-0.2, -0.15) is 0 Å². The molecule has 1 N–H and O–H groups in total. The number of nitrogens with zero attached hydrogens (tertiary/aromatic N) is 2. The standard InChI is InChI=1S/C14H21BrN2O/c1-16(2)13-4-3-7-17(9-13)14-6-5-12(15)8-11(14)10-18/h5-6,8,13,18H,3-4,7,9-10H2,1-2H3. The number of anilines is 1. The van der Waals surface area contributed by atoms with Crippen LogP contribution in [0.4, 0.5) is 5.69 Å². The summed E-state index contributed by atoms with van der Waals surface area (Å²) in [5.41, 5.74) is 2.18. The van der Waals surface area contributed by atoms with Gasteiger partial charge in [0.1, 0.15) is 0 Å². The van der Waals surface area contributed by atoms with Gasteiger partial charge in [-0.15, -0.1) is 0 Å². The summed E-state index contributed by atoms with van der Waals surface area (Å²) in [5.74, 6) is 0. The van der Waals surface area contributed by atoms with E-state index in [2.05, 4.69) is 45.9 Å². The third kappa shape index (κ3) is 3.05. The number of piperidine rings is 1. The Morgan fingerprint density at radius 1 is 1.44 bits per heavy atom. The molecule has 1 aromatic rings. The van der Waals surface area contributed by atoms with Gasteiger partial charge in [0.25, 0.3) is 0 Å². The van der Waals surface area contributed by atoms with Crippen molar-refractivity contribution in [2.45, 2.75) is 25.5 Å². The SMILES string of the molecule is CN(C)C1CCCN(c2ccc(Br)cc2CO)C1. The highest BCUT2D eigenvalue weighted by Gasteiger charge is 2.22. The number of halogens is 1. The molecule has 0 aliphatic carbocycles. The Balaban J connectivity index is 2.20. The van der Waals surface area contributed by atoms with E-state index in [1.807, 2.05) is 12.1 Å². The number of hydrogen-bond donors (Lipinski definition) is 1. The Labute approximate surface area is 118 Å². The normalized spacial score (nSPS) is 20.5. The second-order valence-electron chi connectivity index (χ2n) is 5.14. The first-order valence-corrected chi connectivity index (χ1v) is 7.21. The molecule has 1 heterocycles. The van der Waals surface area contributed by atoms with Gasteiger partial charge in [0.15, 0.2) is 0 Å². The van der Waals surface area contributed by atoms with Crippen LogP contribution in [0.1, 0.15) is 18.4 Å². The third-order valence-corrected chi connectivity index (χ3v) is 4.17. The zero-order valence-electron chi connectivity index (χ0n) is 11.1. The average Bonchev–Trinajstić information content (AvgIpc) is 2.38. The first-order chi connectivity index (χ1) is 8.61. The monoisotopic (exact) mass is 312 g/mol. The van der Waals surface area contributed by atoms with Gasteiger partial charge in [-0.3, -0.25) is 0 Å². The van der Waals surface area contributed by atoms with E-state index < -0.39 is 0 Å². The van der Waals surface area contributed by atoms with Crippen molar-refractivity contribution < 1.29 is 5.11 Å². The Kier molecular flexibility index (Phi) is 4.65. The summed E-state index contributed by atoms with van der Waals surface area (Å²) >= 11 is 3.46. The van der Waals surface area contributed by atoms with Crippen molar-refractivity contribution in [1.29, 1.82) is 0 Å². The van der Waals surface area contributed by atoms with Crippen LogP contribution < -0.4 is 4.90 Å². The lowest BCUT2D eigenvalue weighted by atomic mass is 10.0. The molecule has 100 valence electrons. The van der Waals surface area contributed by atoms with Crippen molar-refractivity contribution >= 4 is 21.6 Å². The van der Waals surface area contributed by atoms with Gasteiger partial charge < -0.3 is 14.9 Å². The Hall–Kier alpha value is -0.580. The summed E-state index contributed by atoms with van der Waals surface area (Å²) in [6.07, 6.45) is 2.47. The smallest absolute Gasteiger partial charge is 0.0702 e. The quantitative estimate of drug-likeness (QED) is 0.929. The molecular weight excluding hydrogens is 292 g/mol. The number of rotatable bonds is 3. The maximum Gasteiger partial charge on any atom is 0.0702 e. The number of likely N-dealkylation sites (N-methyl/N-ethyl adjacent to an activating group) is 1. The van der Waals surface area contributed by atoms with E-state index >= 15 is 0 Å². The molecule has 0 amide bonds. The van der Waals surface area contributed by atoms with E-state index in [1.165, 1.54) is 18.5 Å². The fourth-order valence-corrected chi connectivity index (χ4v) is 2.99. The predicted molar refractivity (Wildman–Crippen MR) is 79.0 cm³/mol. The highest BCUT2D eigenvalue weighted by Crippen LogP contribution is 2.28. The first-order valence-electron chi connectivity index (χ1n) is 6.42. The van der Waals surface area contributed by atoms with Gasteiger partial charge in [0.05, 0.1) is 6.61 Å². The molecule has 1 aromatic carbocycles. The highest BCUT2D eigenvalue weighted by molar-refractivity contribution is 9.10. The van der Waals surface area contributed by atoms with Crippen LogP contribution in [-0.2, 0) is 6.61 Å². The number of aliphatic hydroxyl groups excluding tert-OH is 1. The molecule has 0 aromatic heterocycles. The molecule has 18 heavy (non-hydrogen) atoms.